The van der Waals surface area contributed by atoms with Gasteiger partial charge in [-0.05, 0) is 6.42 Å². The van der Waals surface area contributed by atoms with E-state index >= 15 is 0 Å². The van der Waals surface area contributed by atoms with Crippen molar-refractivity contribution in [1.82, 2.24) is 0 Å². The molecule has 0 aromatic rings. The van der Waals surface area contributed by atoms with Gasteiger partial charge in [0.2, 0.25) is 0 Å². The van der Waals surface area contributed by atoms with Crippen LogP contribution in [0.3, 0.4) is 0 Å². The Morgan fingerprint density at radius 2 is 2.50 bits per heavy atom. The second-order valence-corrected chi connectivity index (χ2v) is 1.39. The van der Waals surface area contributed by atoms with Crippen molar-refractivity contribution in [3.05, 3.63) is 11.6 Å². The van der Waals surface area contributed by atoms with Gasteiger partial charge in [-0.25, -0.2) is 0 Å². The molecule has 0 radical (unpaired) electrons. The molecule has 2 heteroatoms. The van der Waals surface area contributed by atoms with E-state index < -0.39 is 0 Å². The van der Waals surface area contributed by atoms with Crippen LogP contribution in [-0.2, 0) is 0 Å². The van der Waals surface area contributed by atoms with Crippen LogP contribution in [-0.4, -0.2) is 5.84 Å². The van der Waals surface area contributed by atoms with E-state index in [0.29, 0.717) is 5.84 Å². The lowest BCUT2D eigenvalue weighted by molar-refractivity contribution is -0.114. The molecule has 0 fully saturated rings. The molecule has 0 aromatic carbocycles. The largest absolute Gasteiger partial charge is 0.287 e. The van der Waals surface area contributed by atoms with Crippen LogP contribution in [0.25, 0.3) is 0 Å². The summed E-state index contributed by atoms with van der Waals surface area (Å²) in [5.41, 5.74) is 6.23. The molecule has 0 heterocycles. The Kier molecular flexibility index (Phi) is 0.473. The minimum absolute atomic E-state index is 0.481. The van der Waals surface area contributed by atoms with Crippen molar-refractivity contribution in [2.24, 2.45) is 5.73 Å². The van der Waals surface area contributed by atoms with Crippen molar-refractivity contribution in [2.45, 2.75) is 6.42 Å². The molecule has 2 nitrogen and oxygen atoms in total. The molecular formula is C4H7N2+. The molecule has 0 saturated heterocycles. The van der Waals surface area contributed by atoms with E-state index in [1.54, 1.807) is 0 Å². The SMILES string of the molecule is NC(=[NH2+])C1=CC1. The number of hydrogen-bond donors (Lipinski definition) is 2. The first-order valence-corrected chi connectivity index (χ1v) is 1.88. The van der Waals surface area contributed by atoms with E-state index in [0.717, 1.165) is 12.0 Å². The van der Waals surface area contributed by atoms with Crippen LogP contribution in [0.15, 0.2) is 11.6 Å². The summed E-state index contributed by atoms with van der Waals surface area (Å²) in [5.74, 6) is 0.481. The molecule has 1 rings (SSSR count). The van der Waals surface area contributed by atoms with E-state index in [4.69, 9.17) is 11.1 Å². The predicted octanol–water partition coefficient (Wildman–Crippen LogP) is -1.57. The highest BCUT2D eigenvalue weighted by Gasteiger charge is 2.13. The molecule has 0 bridgehead atoms. The summed E-state index contributed by atoms with van der Waals surface area (Å²) < 4.78 is 0. The van der Waals surface area contributed by atoms with Crippen LogP contribution in [0.1, 0.15) is 6.42 Å². The third-order valence-corrected chi connectivity index (χ3v) is 0.779. The highest BCUT2D eigenvalue weighted by molar-refractivity contribution is 5.96. The van der Waals surface area contributed by atoms with Gasteiger partial charge in [-0.15, -0.1) is 0 Å². The van der Waals surface area contributed by atoms with E-state index in [9.17, 15) is 0 Å². The molecule has 32 valence electrons. The fraction of sp³-hybridized carbons (Fsp3) is 0.250. The van der Waals surface area contributed by atoms with E-state index in [1.165, 1.54) is 0 Å². The lowest BCUT2D eigenvalue weighted by Crippen LogP contribution is -2.45. The monoisotopic (exact) mass is 83.1 g/mol. The maximum atomic E-state index is 5.12. The molecular weight excluding hydrogens is 76.1 g/mol. The van der Waals surface area contributed by atoms with Gasteiger partial charge in [-0.1, -0.05) is 6.08 Å². The van der Waals surface area contributed by atoms with Gasteiger partial charge >= 0.3 is 0 Å². The van der Waals surface area contributed by atoms with Crippen LogP contribution in [0.2, 0.25) is 0 Å². The Morgan fingerprint density at radius 3 is 2.50 bits per heavy atom. The van der Waals surface area contributed by atoms with Gasteiger partial charge in [0.05, 0.1) is 0 Å². The maximum Gasteiger partial charge on any atom is 0.266 e. The lowest BCUT2D eigenvalue weighted by Gasteiger charge is -1.69. The van der Waals surface area contributed by atoms with Crippen molar-refractivity contribution in [2.75, 3.05) is 0 Å². The fourth-order valence-electron chi connectivity index (χ4n) is 0.287. The highest BCUT2D eigenvalue weighted by Crippen LogP contribution is 2.14. The first-order valence-electron chi connectivity index (χ1n) is 1.88. The summed E-state index contributed by atoms with van der Waals surface area (Å²) in [5, 5.41) is 5.12. The van der Waals surface area contributed by atoms with Crippen molar-refractivity contribution < 1.29 is 5.41 Å². The summed E-state index contributed by atoms with van der Waals surface area (Å²) >= 11 is 0. The van der Waals surface area contributed by atoms with Crippen LogP contribution in [0, 0.1) is 0 Å². The van der Waals surface area contributed by atoms with E-state index in [-0.39, 0.29) is 0 Å². The zero-order chi connectivity index (χ0) is 4.57. The number of amidine groups is 1. The molecule has 0 aliphatic heterocycles. The standard InChI is InChI=1S/C4H6N2/c5-4(6)3-1-2-3/h1H,2H2,(H3,5,6)/p+1. The third-order valence-electron chi connectivity index (χ3n) is 0.779. The minimum atomic E-state index is 0.481. The first-order chi connectivity index (χ1) is 2.80. The second-order valence-electron chi connectivity index (χ2n) is 1.39. The van der Waals surface area contributed by atoms with E-state index in [1.807, 2.05) is 6.08 Å². The summed E-state index contributed by atoms with van der Waals surface area (Å²) in [6.45, 7) is 0. The fourth-order valence-corrected chi connectivity index (χ4v) is 0.287. The summed E-state index contributed by atoms with van der Waals surface area (Å²) in [6, 6.07) is 0. The molecule has 1 aliphatic rings. The Morgan fingerprint density at radius 1 is 2.00 bits per heavy atom. The molecule has 0 unspecified atom stereocenters. The average molecular weight is 83.1 g/mol. The number of allylic oxidation sites excluding steroid dienone is 1. The summed E-state index contributed by atoms with van der Waals surface area (Å²) in [6.07, 6.45) is 3.00. The summed E-state index contributed by atoms with van der Waals surface area (Å²) in [7, 11) is 0. The normalized spacial score (nSPS) is 16.3. The van der Waals surface area contributed by atoms with Crippen molar-refractivity contribution in [3.63, 3.8) is 0 Å². The number of nitrogens with two attached hydrogens (primary N) is 2. The van der Waals surface area contributed by atoms with Gasteiger partial charge < -0.3 is 0 Å². The van der Waals surface area contributed by atoms with Gasteiger partial charge in [-0.3, -0.25) is 11.1 Å². The third kappa shape index (κ3) is 0.407. The Balaban J connectivity index is 2.52. The van der Waals surface area contributed by atoms with Crippen LogP contribution in [0.4, 0.5) is 0 Å². The van der Waals surface area contributed by atoms with Crippen molar-refractivity contribution >= 4 is 5.84 Å². The summed E-state index contributed by atoms with van der Waals surface area (Å²) in [4.78, 5) is 0. The molecule has 0 spiro atoms. The highest BCUT2D eigenvalue weighted by atomic mass is 14.7. The van der Waals surface area contributed by atoms with Crippen molar-refractivity contribution in [3.8, 4) is 0 Å². The van der Waals surface area contributed by atoms with E-state index in [2.05, 4.69) is 0 Å². The van der Waals surface area contributed by atoms with Gasteiger partial charge in [0.25, 0.3) is 5.84 Å². The van der Waals surface area contributed by atoms with Crippen LogP contribution < -0.4 is 11.1 Å². The Hall–Kier alpha value is -0.790. The average Bonchev–Trinajstić information content (AvgIpc) is 2.06. The molecule has 4 N–H and O–H groups in total. The van der Waals surface area contributed by atoms with Crippen LogP contribution >= 0.6 is 0 Å². The topological polar surface area (TPSA) is 51.6 Å². The van der Waals surface area contributed by atoms with Crippen molar-refractivity contribution in [1.29, 1.82) is 0 Å². The molecule has 0 aromatic heterocycles. The molecule has 1 aliphatic carbocycles. The minimum Gasteiger partial charge on any atom is -0.287 e. The molecule has 0 saturated carbocycles. The lowest BCUT2D eigenvalue weighted by atomic mass is 10.5. The number of rotatable bonds is 1. The zero-order valence-electron chi connectivity index (χ0n) is 3.44. The van der Waals surface area contributed by atoms with Gasteiger partial charge in [0.15, 0.2) is 0 Å². The molecule has 0 atom stereocenters. The van der Waals surface area contributed by atoms with Crippen LogP contribution in [0.5, 0.6) is 0 Å². The smallest absolute Gasteiger partial charge is 0.266 e. The van der Waals surface area contributed by atoms with Gasteiger partial charge in [0.1, 0.15) is 0 Å². The molecule has 0 amide bonds. The predicted molar refractivity (Wildman–Crippen MR) is 23.8 cm³/mol. The first kappa shape index (κ1) is 3.40. The Labute approximate surface area is 36.2 Å². The zero-order valence-corrected chi connectivity index (χ0v) is 3.44. The molecule has 6 heavy (non-hydrogen) atoms. The maximum absolute atomic E-state index is 5.12. The Bertz CT molecular complexity index is 113. The van der Waals surface area contributed by atoms with Gasteiger partial charge in [-0.2, -0.15) is 0 Å². The second kappa shape index (κ2) is 0.834. The van der Waals surface area contributed by atoms with Gasteiger partial charge in [0, 0.05) is 5.57 Å². The number of hydrogen-bond acceptors (Lipinski definition) is 0. The quantitative estimate of drug-likeness (QED) is 0.292.